The van der Waals surface area contributed by atoms with Crippen molar-refractivity contribution in [2.45, 2.75) is 30.6 Å². The molecule has 2 atom stereocenters. The van der Waals surface area contributed by atoms with Crippen LogP contribution < -0.4 is 10.6 Å². The molecule has 17 heavy (non-hydrogen) atoms. The molecule has 98 valence electrons. The van der Waals surface area contributed by atoms with Gasteiger partial charge in [0.15, 0.2) is 5.38 Å². The van der Waals surface area contributed by atoms with Crippen LogP contribution in [0.15, 0.2) is 0 Å². The van der Waals surface area contributed by atoms with Crippen molar-refractivity contribution >= 4 is 35.1 Å². The first-order chi connectivity index (χ1) is 7.87. The maximum Gasteiger partial charge on any atom is 0.325 e. The Labute approximate surface area is 110 Å². The number of carbonyl (C=O) groups is 2. The molecule has 1 saturated heterocycles. The lowest BCUT2D eigenvalue weighted by molar-refractivity contribution is -0.137. The van der Waals surface area contributed by atoms with Crippen molar-refractivity contribution in [3.8, 4) is 0 Å². The van der Waals surface area contributed by atoms with Gasteiger partial charge >= 0.3 is 5.97 Å². The number of nitrogens with one attached hydrogen (secondary N) is 2. The van der Waals surface area contributed by atoms with Crippen LogP contribution in [0.3, 0.4) is 0 Å². The van der Waals surface area contributed by atoms with E-state index in [4.69, 9.17) is 28.3 Å². The fraction of sp³-hybridized carbons (Fsp3) is 0.800. The van der Waals surface area contributed by atoms with E-state index in [0.717, 1.165) is 13.1 Å². The van der Waals surface area contributed by atoms with E-state index in [0.29, 0.717) is 12.8 Å². The summed E-state index contributed by atoms with van der Waals surface area (Å²) < 4.78 is 0. The molecule has 0 aromatic carbocycles. The normalized spacial score (nSPS) is 22.5. The number of hydrogen-bond acceptors (Lipinski definition) is 3. The van der Waals surface area contributed by atoms with E-state index in [1.54, 1.807) is 0 Å². The third kappa shape index (κ3) is 3.72. The van der Waals surface area contributed by atoms with E-state index in [1.165, 1.54) is 0 Å². The lowest BCUT2D eigenvalue weighted by Crippen LogP contribution is -2.50. The fourth-order valence-corrected chi connectivity index (χ4v) is 1.97. The first-order valence-electron chi connectivity index (χ1n) is 5.39. The SMILES string of the molecule is CC1(C(=O)NC(Cl)C(Cl)C(=O)O)CCNCC1. The van der Waals surface area contributed by atoms with E-state index in [9.17, 15) is 9.59 Å². The molecule has 1 rings (SSSR count). The molecular weight excluding hydrogens is 267 g/mol. The van der Waals surface area contributed by atoms with E-state index < -0.39 is 22.3 Å². The third-order valence-electron chi connectivity index (χ3n) is 3.02. The minimum Gasteiger partial charge on any atom is -0.480 e. The summed E-state index contributed by atoms with van der Waals surface area (Å²) in [4.78, 5) is 22.6. The topological polar surface area (TPSA) is 78.4 Å². The van der Waals surface area contributed by atoms with Gasteiger partial charge in [0, 0.05) is 5.41 Å². The van der Waals surface area contributed by atoms with Gasteiger partial charge in [-0.3, -0.25) is 9.59 Å². The average molecular weight is 283 g/mol. The molecule has 0 spiro atoms. The van der Waals surface area contributed by atoms with Crippen molar-refractivity contribution in [3.05, 3.63) is 0 Å². The second kappa shape index (κ2) is 5.89. The summed E-state index contributed by atoms with van der Waals surface area (Å²) in [6.07, 6.45) is 1.39. The number of aliphatic carboxylic acids is 1. The highest BCUT2D eigenvalue weighted by molar-refractivity contribution is 6.36. The highest BCUT2D eigenvalue weighted by atomic mass is 35.5. The maximum absolute atomic E-state index is 12.0. The largest absolute Gasteiger partial charge is 0.480 e. The van der Waals surface area contributed by atoms with Crippen LogP contribution in [0, 0.1) is 5.41 Å². The molecule has 0 saturated carbocycles. The number of piperidine rings is 1. The number of rotatable bonds is 4. The lowest BCUT2D eigenvalue weighted by Gasteiger charge is -2.33. The van der Waals surface area contributed by atoms with Gasteiger partial charge in [0.25, 0.3) is 0 Å². The summed E-state index contributed by atoms with van der Waals surface area (Å²) in [6.45, 7) is 3.37. The van der Waals surface area contributed by atoms with Gasteiger partial charge in [-0.25, -0.2) is 0 Å². The van der Waals surface area contributed by atoms with Crippen LogP contribution in [0.25, 0.3) is 0 Å². The number of carboxylic acid groups (broad SMARTS) is 1. The van der Waals surface area contributed by atoms with Crippen molar-refractivity contribution in [2.75, 3.05) is 13.1 Å². The van der Waals surface area contributed by atoms with Crippen molar-refractivity contribution in [3.63, 3.8) is 0 Å². The number of alkyl halides is 2. The van der Waals surface area contributed by atoms with Gasteiger partial charge in [-0.2, -0.15) is 0 Å². The molecule has 0 bridgehead atoms. The molecule has 1 aliphatic heterocycles. The van der Waals surface area contributed by atoms with Crippen LogP contribution in [-0.4, -0.2) is 41.0 Å². The molecule has 1 heterocycles. The van der Waals surface area contributed by atoms with E-state index in [2.05, 4.69) is 10.6 Å². The standard InChI is InChI=1S/C10H16Cl2N2O3/c1-10(2-4-13-5-3-10)9(17)14-7(12)6(11)8(15)16/h6-7,13H,2-5H2,1H3,(H,14,17)(H,15,16). The Hall–Kier alpha value is -0.520. The van der Waals surface area contributed by atoms with Gasteiger partial charge in [0.2, 0.25) is 5.91 Å². The Bertz CT molecular complexity index is 306. The van der Waals surface area contributed by atoms with Gasteiger partial charge in [-0.15, -0.1) is 11.6 Å². The molecular formula is C10H16Cl2N2O3. The van der Waals surface area contributed by atoms with Crippen LogP contribution in [0.1, 0.15) is 19.8 Å². The summed E-state index contributed by atoms with van der Waals surface area (Å²) in [7, 11) is 0. The van der Waals surface area contributed by atoms with Crippen molar-refractivity contribution in [2.24, 2.45) is 5.41 Å². The molecule has 3 N–H and O–H groups in total. The first-order valence-corrected chi connectivity index (χ1v) is 6.27. The molecule has 1 fully saturated rings. The summed E-state index contributed by atoms with van der Waals surface area (Å²) in [5.41, 5.74) is -1.61. The van der Waals surface area contributed by atoms with Crippen LogP contribution in [0.5, 0.6) is 0 Å². The van der Waals surface area contributed by atoms with Crippen molar-refractivity contribution in [1.82, 2.24) is 10.6 Å². The molecule has 0 radical (unpaired) electrons. The molecule has 2 unspecified atom stereocenters. The van der Waals surface area contributed by atoms with Gasteiger partial charge in [0.1, 0.15) is 5.50 Å². The maximum atomic E-state index is 12.0. The zero-order chi connectivity index (χ0) is 13.1. The van der Waals surface area contributed by atoms with E-state index in [-0.39, 0.29) is 5.91 Å². The second-order valence-electron chi connectivity index (χ2n) is 4.43. The summed E-state index contributed by atoms with van der Waals surface area (Å²) in [6, 6.07) is 0. The number of hydrogen-bond donors (Lipinski definition) is 3. The van der Waals surface area contributed by atoms with E-state index >= 15 is 0 Å². The van der Waals surface area contributed by atoms with E-state index in [1.807, 2.05) is 6.92 Å². The second-order valence-corrected chi connectivity index (χ2v) is 5.37. The summed E-state index contributed by atoms with van der Waals surface area (Å²) in [5, 5.41) is 12.9. The number of carbonyl (C=O) groups excluding carboxylic acids is 1. The smallest absolute Gasteiger partial charge is 0.325 e. The molecule has 1 amide bonds. The Kier molecular flexibility index (Phi) is 5.04. The zero-order valence-corrected chi connectivity index (χ0v) is 11.0. The highest BCUT2D eigenvalue weighted by Gasteiger charge is 2.37. The van der Waals surface area contributed by atoms with Crippen LogP contribution in [0.4, 0.5) is 0 Å². The van der Waals surface area contributed by atoms with Crippen molar-refractivity contribution in [1.29, 1.82) is 0 Å². The first kappa shape index (κ1) is 14.5. The Morgan fingerprint density at radius 2 is 1.88 bits per heavy atom. The molecule has 1 aliphatic rings. The predicted octanol–water partition coefficient (Wildman–Crippen LogP) is 0.749. The number of halogens is 2. The molecule has 7 heteroatoms. The Morgan fingerprint density at radius 1 is 1.35 bits per heavy atom. The summed E-state index contributed by atoms with van der Waals surface area (Å²) in [5.74, 6) is -1.49. The quantitative estimate of drug-likeness (QED) is 0.525. The van der Waals surface area contributed by atoms with Gasteiger partial charge in [-0.05, 0) is 25.9 Å². The van der Waals surface area contributed by atoms with Crippen molar-refractivity contribution < 1.29 is 14.7 Å². The number of carboxylic acids is 1. The van der Waals surface area contributed by atoms with Gasteiger partial charge in [0.05, 0.1) is 0 Å². The van der Waals surface area contributed by atoms with Crippen LogP contribution in [-0.2, 0) is 9.59 Å². The third-order valence-corrected chi connectivity index (χ3v) is 3.95. The fourth-order valence-electron chi connectivity index (χ4n) is 1.70. The Balaban J connectivity index is 2.56. The highest BCUT2D eigenvalue weighted by Crippen LogP contribution is 2.28. The molecule has 5 nitrogen and oxygen atoms in total. The van der Waals surface area contributed by atoms with Gasteiger partial charge < -0.3 is 15.7 Å². The minimum absolute atomic E-state index is 0.245. The molecule has 0 aliphatic carbocycles. The monoisotopic (exact) mass is 282 g/mol. The van der Waals surface area contributed by atoms with Gasteiger partial charge in [-0.1, -0.05) is 18.5 Å². The molecule has 0 aromatic heterocycles. The molecule has 0 aromatic rings. The summed E-state index contributed by atoms with van der Waals surface area (Å²) >= 11 is 11.3. The minimum atomic E-state index is -1.33. The number of amides is 1. The average Bonchev–Trinajstić information content (AvgIpc) is 2.28. The zero-order valence-electron chi connectivity index (χ0n) is 9.50. The Morgan fingerprint density at radius 3 is 2.35 bits per heavy atom. The lowest BCUT2D eigenvalue weighted by atomic mass is 9.80. The van der Waals surface area contributed by atoms with Crippen LogP contribution in [0.2, 0.25) is 0 Å². The predicted molar refractivity (Wildman–Crippen MR) is 65.3 cm³/mol. The van der Waals surface area contributed by atoms with Crippen LogP contribution >= 0.6 is 23.2 Å².